The Morgan fingerprint density at radius 2 is 2.32 bits per heavy atom. The van der Waals surface area contributed by atoms with Crippen molar-refractivity contribution in [1.29, 1.82) is 0 Å². The third-order valence-electron chi connectivity index (χ3n) is 3.67. The van der Waals surface area contributed by atoms with Crippen molar-refractivity contribution in [2.45, 2.75) is 37.8 Å². The van der Waals surface area contributed by atoms with Crippen LogP contribution in [0.3, 0.4) is 0 Å². The number of hydrogen-bond acceptors (Lipinski definition) is 3. The Balaban J connectivity index is 2.17. The number of rotatable bonds is 4. The van der Waals surface area contributed by atoms with Gasteiger partial charge in [0.15, 0.2) is 0 Å². The van der Waals surface area contributed by atoms with E-state index in [4.69, 9.17) is 22.1 Å². The Morgan fingerprint density at radius 3 is 2.95 bits per heavy atom. The van der Waals surface area contributed by atoms with Crippen LogP contribution in [0.1, 0.15) is 26.2 Å². The Labute approximate surface area is 118 Å². The maximum Gasteiger partial charge on any atom is 0.126 e. The average Bonchev–Trinajstić information content (AvgIpc) is 2.37. The van der Waals surface area contributed by atoms with E-state index in [-0.39, 0.29) is 17.5 Å². The summed E-state index contributed by atoms with van der Waals surface area (Å²) in [5, 5.41) is 3.74. The monoisotopic (exact) mass is 286 g/mol. The molecule has 0 radical (unpaired) electrons. The second-order valence-electron chi connectivity index (χ2n) is 5.12. The Bertz CT molecular complexity index is 423. The normalized spacial score (nSPS) is 27.3. The Hall–Kier alpha value is -0.840. The average molecular weight is 287 g/mol. The fourth-order valence-corrected chi connectivity index (χ4v) is 2.78. The molecule has 5 heteroatoms. The Kier molecular flexibility index (Phi) is 4.66. The smallest absolute Gasteiger partial charge is 0.126 e. The molecule has 0 aliphatic carbocycles. The van der Waals surface area contributed by atoms with Gasteiger partial charge in [-0.1, -0.05) is 18.5 Å². The molecule has 1 aromatic carbocycles. The van der Waals surface area contributed by atoms with Crippen LogP contribution in [0, 0.1) is 5.82 Å². The van der Waals surface area contributed by atoms with Gasteiger partial charge in [0.2, 0.25) is 0 Å². The second kappa shape index (κ2) is 6.07. The van der Waals surface area contributed by atoms with Crippen LogP contribution >= 0.6 is 11.6 Å². The molecule has 3 nitrogen and oxygen atoms in total. The molecule has 2 atom stereocenters. The van der Waals surface area contributed by atoms with Gasteiger partial charge in [-0.05, 0) is 37.5 Å². The van der Waals surface area contributed by atoms with E-state index in [0.717, 1.165) is 19.3 Å². The summed E-state index contributed by atoms with van der Waals surface area (Å²) in [7, 11) is 0. The van der Waals surface area contributed by atoms with E-state index in [2.05, 4.69) is 12.2 Å². The van der Waals surface area contributed by atoms with Crippen molar-refractivity contribution in [3.05, 3.63) is 29.0 Å². The van der Waals surface area contributed by atoms with Crippen LogP contribution in [0.4, 0.5) is 10.1 Å². The van der Waals surface area contributed by atoms with E-state index in [1.165, 1.54) is 12.1 Å². The van der Waals surface area contributed by atoms with Crippen molar-refractivity contribution in [1.82, 2.24) is 0 Å². The van der Waals surface area contributed by atoms with Crippen molar-refractivity contribution in [2.24, 2.45) is 5.73 Å². The van der Waals surface area contributed by atoms with Gasteiger partial charge in [0.05, 0.1) is 11.6 Å². The molecule has 2 unspecified atom stereocenters. The highest BCUT2D eigenvalue weighted by Crippen LogP contribution is 2.30. The summed E-state index contributed by atoms with van der Waals surface area (Å²) in [5.74, 6) is -0.346. The van der Waals surface area contributed by atoms with E-state index < -0.39 is 0 Å². The summed E-state index contributed by atoms with van der Waals surface area (Å²) in [6.45, 7) is 3.25. The molecule has 19 heavy (non-hydrogen) atoms. The summed E-state index contributed by atoms with van der Waals surface area (Å²) >= 11 is 5.88. The van der Waals surface area contributed by atoms with Crippen molar-refractivity contribution < 1.29 is 9.13 Å². The van der Waals surface area contributed by atoms with E-state index in [1.54, 1.807) is 6.07 Å². The van der Waals surface area contributed by atoms with E-state index in [0.29, 0.717) is 23.9 Å². The third-order valence-corrected chi connectivity index (χ3v) is 3.89. The quantitative estimate of drug-likeness (QED) is 0.894. The maximum atomic E-state index is 13.4. The standard InChI is InChI=1S/C14H20ClFN2O/c1-2-13-8-14(9-17,3-4-19-13)18-12-6-10(15)5-11(16)7-12/h5-7,13,18H,2-4,8-9,17H2,1H3. The summed E-state index contributed by atoms with van der Waals surface area (Å²) in [6, 6.07) is 4.46. The highest BCUT2D eigenvalue weighted by Gasteiger charge is 2.35. The number of halogens is 2. The van der Waals surface area contributed by atoms with Gasteiger partial charge in [-0.15, -0.1) is 0 Å². The predicted molar refractivity (Wildman–Crippen MR) is 76.1 cm³/mol. The fraction of sp³-hybridized carbons (Fsp3) is 0.571. The van der Waals surface area contributed by atoms with Crippen molar-refractivity contribution in [3.63, 3.8) is 0 Å². The number of nitrogens with one attached hydrogen (secondary N) is 1. The first kappa shape index (κ1) is 14.6. The van der Waals surface area contributed by atoms with E-state index in [1.807, 2.05) is 0 Å². The molecule has 1 fully saturated rings. The van der Waals surface area contributed by atoms with Gasteiger partial charge in [0.25, 0.3) is 0 Å². The van der Waals surface area contributed by atoms with Crippen LogP contribution in [0.5, 0.6) is 0 Å². The molecule has 1 aromatic rings. The largest absolute Gasteiger partial charge is 0.378 e. The second-order valence-corrected chi connectivity index (χ2v) is 5.56. The molecule has 1 aliphatic heterocycles. The van der Waals surface area contributed by atoms with E-state index in [9.17, 15) is 4.39 Å². The van der Waals surface area contributed by atoms with E-state index >= 15 is 0 Å². The van der Waals surface area contributed by atoms with Crippen molar-refractivity contribution >= 4 is 17.3 Å². The zero-order valence-electron chi connectivity index (χ0n) is 11.1. The molecule has 1 heterocycles. The van der Waals surface area contributed by atoms with Crippen molar-refractivity contribution in [3.8, 4) is 0 Å². The third kappa shape index (κ3) is 3.59. The summed E-state index contributed by atoms with van der Waals surface area (Å²) < 4.78 is 19.0. The first-order chi connectivity index (χ1) is 9.07. The van der Waals surface area contributed by atoms with Crippen LogP contribution in [-0.2, 0) is 4.74 Å². The lowest BCUT2D eigenvalue weighted by Gasteiger charge is -2.41. The molecule has 2 rings (SSSR count). The fourth-order valence-electron chi connectivity index (χ4n) is 2.56. The minimum atomic E-state index is -0.346. The van der Waals surface area contributed by atoms with Crippen LogP contribution in [0.2, 0.25) is 5.02 Å². The first-order valence-electron chi connectivity index (χ1n) is 6.63. The molecule has 106 valence electrons. The van der Waals surface area contributed by atoms with Gasteiger partial charge < -0.3 is 15.8 Å². The predicted octanol–water partition coefficient (Wildman–Crippen LogP) is 3.18. The van der Waals surface area contributed by atoms with Crippen LogP contribution in [0.25, 0.3) is 0 Å². The highest BCUT2D eigenvalue weighted by molar-refractivity contribution is 6.30. The maximum absolute atomic E-state index is 13.4. The molecule has 1 saturated heterocycles. The summed E-state index contributed by atoms with van der Waals surface area (Å²) in [6.07, 6.45) is 2.80. The lowest BCUT2D eigenvalue weighted by atomic mass is 9.85. The molecular formula is C14H20ClFN2O. The van der Waals surface area contributed by atoms with Gasteiger partial charge in [-0.25, -0.2) is 4.39 Å². The number of anilines is 1. The number of hydrogen-bond donors (Lipinski definition) is 2. The van der Waals surface area contributed by atoms with Crippen LogP contribution in [-0.4, -0.2) is 24.8 Å². The molecule has 0 spiro atoms. The van der Waals surface area contributed by atoms with Gasteiger partial charge in [0, 0.05) is 23.9 Å². The van der Waals surface area contributed by atoms with Gasteiger partial charge >= 0.3 is 0 Å². The summed E-state index contributed by atoms with van der Waals surface area (Å²) in [4.78, 5) is 0. The highest BCUT2D eigenvalue weighted by atomic mass is 35.5. The number of nitrogens with two attached hydrogens (primary N) is 1. The number of benzene rings is 1. The van der Waals surface area contributed by atoms with Gasteiger partial charge in [-0.2, -0.15) is 0 Å². The van der Waals surface area contributed by atoms with Crippen LogP contribution < -0.4 is 11.1 Å². The first-order valence-corrected chi connectivity index (χ1v) is 7.00. The molecule has 0 aromatic heterocycles. The zero-order chi connectivity index (χ0) is 13.9. The summed E-state index contributed by atoms with van der Waals surface area (Å²) in [5.41, 5.74) is 6.37. The molecular weight excluding hydrogens is 267 g/mol. The van der Waals surface area contributed by atoms with Gasteiger partial charge in [-0.3, -0.25) is 0 Å². The molecule has 0 saturated carbocycles. The Morgan fingerprint density at radius 1 is 1.53 bits per heavy atom. The zero-order valence-corrected chi connectivity index (χ0v) is 11.8. The van der Waals surface area contributed by atoms with Crippen LogP contribution in [0.15, 0.2) is 18.2 Å². The SMILES string of the molecule is CCC1CC(CN)(Nc2cc(F)cc(Cl)c2)CCO1. The molecule has 0 amide bonds. The minimum absolute atomic E-state index is 0.203. The topological polar surface area (TPSA) is 47.3 Å². The molecule has 1 aliphatic rings. The lowest BCUT2D eigenvalue weighted by Crippen LogP contribution is -2.52. The minimum Gasteiger partial charge on any atom is -0.378 e. The molecule has 0 bridgehead atoms. The van der Waals surface area contributed by atoms with Gasteiger partial charge in [0.1, 0.15) is 5.82 Å². The molecule has 3 N–H and O–H groups in total. The van der Waals surface area contributed by atoms with Crippen molar-refractivity contribution in [2.75, 3.05) is 18.5 Å². The lowest BCUT2D eigenvalue weighted by molar-refractivity contribution is -0.0125. The number of ether oxygens (including phenoxy) is 1.